The SMILES string of the molecule is CC=C(c1ccc2cc(OC)ccc2c1)C(C)(C)C(=O)O. The fourth-order valence-electron chi connectivity index (χ4n) is 2.52. The van der Waals surface area contributed by atoms with Gasteiger partial charge in [-0.05, 0) is 60.9 Å². The Labute approximate surface area is 124 Å². The maximum atomic E-state index is 11.5. The molecule has 2 aromatic carbocycles. The number of benzene rings is 2. The first kappa shape index (κ1) is 15.1. The van der Waals surface area contributed by atoms with E-state index in [-0.39, 0.29) is 0 Å². The summed E-state index contributed by atoms with van der Waals surface area (Å²) in [6.07, 6.45) is 1.87. The molecule has 1 N–H and O–H groups in total. The summed E-state index contributed by atoms with van der Waals surface area (Å²) in [5, 5.41) is 11.6. The van der Waals surface area contributed by atoms with Crippen LogP contribution >= 0.6 is 0 Å². The van der Waals surface area contributed by atoms with Crippen LogP contribution in [0.1, 0.15) is 26.3 Å². The van der Waals surface area contributed by atoms with Crippen molar-refractivity contribution in [2.24, 2.45) is 5.41 Å². The third-order valence-corrected chi connectivity index (χ3v) is 3.86. The van der Waals surface area contributed by atoms with Crippen molar-refractivity contribution < 1.29 is 14.6 Å². The van der Waals surface area contributed by atoms with Crippen molar-refractivity contribution in [2.45, 2.75) is 20.8 Å². The molecule has 0 fully saturated rings. The summed E-state index contributed by atoms with van der Waals surface area (Å²) < 4.78 is 5.22. The van der Waals surface area contributed by atoms with Gasteiger partial charge in [0.1, 0.15) is 5.75 Å². The van der Waals surface area contributed by atoms with Crippen molar-refractivity contribution >= 4 is 22.3 Å². The lowest BCUT2D eigenvalue weighted by atomic mass is 9.79. The molecule has 0 amide bonds. The quantitative estimate of drug-likeness (QED) is 0.907. The smallest absolute Gasteiger partial charge is 0.313 e. The molecule has 0 bridgehead atoms. The Balaban J connectivity index is 2.54. The molecule has 2 aromatic rings. The standard InChI is InChI=1S/C18H20O3/c1-5-16(18(2,3)17(19)20)14-7-6-13-11-15(21-4)9-8-12(13)10-14/h5-11H,1-4H3,(H,19,20). The first-order valence-corrected chi connectivity index (χ1v) is 6.88. The van der Waals surface area contributed by atoms with E-state index in [0.29, 0.717) is 0 Å². The van der Waals surface area contributed by atoms with E-state index in [0.717, 1.165) is 27.7 Å². The number of hydrogen-bond donors (Lipinski definition) is 1. The van der Waals surface area contributed by atoms with Gasteiger partial charge in [-0.1, -0.05) is 24.3 Å². The number of ether oxygens (including phenoxy) is 1. The van der Waals surface area contributed by atoms with Crippen molar-refractivity contribution in [3.63, 3.8) is 0 Å². The Kier molecular flexibility index (Phi) is 4.03. The minimum atomic E-state index is -0.922. The van der Waals surface area contributed by atoms with Gasteiger partial charge in [-0.15, -0.1) is 0 Å². The van der Waals surface area contributed by atoms with Gasteiger partial charge in [-0.3, -0.25) is 4.79 Å². The van der Waals surface area contributed by atoms with Crippen LogP contribution in [0.25, 0.3) is 16.3 Å². The third kappa shape index (κ3) is 2.77. The highest BCUT2D eigenvalue weighted by Crippen LogP contribution is 2.36. The zero-order chi connectivity index (χ0) is 15.6. The van der Waals surface area contributed by atoms with Gasteiger partial charge in [0.2, 0.25) is 0 Å². The predicted molar refractivity (Wildman–Crippen MR) is 85.6 cm³/mol. The second kappa shape index (κ2) is 5.60. The van der Waals surface area contributed by atoms with E-state index in [1.165, 1.54) is 0 Å². The van der Waals surface area contributed by atoms with E-state index < -0.39 is 11.4 Å². The predicted octanol–water partition coefficient (Wildman–Crippen LogP) is 4.36. The van der Waals surface area contributed by atoms with Crippen molar-refractivity contribution in [3.8, 4) is 5.75 Å². The van der Waals surface area contributed by atoms with Gasteiger partial charge in [-0.2, -0.15) is 0 Å². The highest BCUT2D eigenvalue weighted by molar-refractivity contribution is 5.94. The molecule has 0 saturated heterocycles. The number of methoxy groups -OCH3 is 1. The molecule has 0 unspecified atom stereocenters. The molecule has 0 spiro atoms. The van der Waals surface area contributed by atoms with E-state index >= 15 is 0 Å². The van der Waals surface area contributed by atoms with Crippen molar-refractivity contribution in [1.29, 1.82) is 0 Å². The monoisotopic (exact) mass is 284 g/mol. The van der Waals surface area contributed by atoms with Crippen LogP contribution in [-0.2, 0) is 4.79 Å². The first-order valence-electron chi connectivity index (χ1n) is 6.88. The average Bonchev–Trinajstić information content (AvgIpc) is 2.47. The number of fused-ring (bicyclic) bond motifs is 1. The summed E-state index contributed by atoms with van der Waals surface area (Å²) in [6.45, 7) is 5.32. The van der Waals surface area contributed by atoms with Crippen molar-refractivity contribution in [3.05, 3.63) is 48.0 Å². The lowest BCUT2D eigenvalue weighted by Crippen LogP contribution is -2.25. The molecular weight excluding hydrogens is 264 g/mol. The molecular formula is C18H20O3. The Bertz CT molecular complexity index is 711. The van der Waals surface area contributed by atoms with Crippen LogP contribution in [0.3, 0.4) is 0 Å². The lowest BCUT2D eigenvalue weighted by Gasteiger charge is -2.24. The van der Waals surface area contributed by atoms with Crippen LogP contribution in [-0.4, -0.2) is 18.2 Å². The molecule has 0 aromatic heterocycles. The molecule has 0 aliphatic carbocycles. The van der Waals surface area contributed by atoms with Gasteiger partial charge in [0.05, 0.1) is 12.5 Å². The summed E-state index contributed by atoms with van der Waals surface area (Å²) in [6, 6.07) is 11.8. The average molecular weight is 284 g/mol. The number of rotatable bonds is 4. The van der Waals surface area contributed by atoms with Crippen LogP contribution in [0.4, 0.5) is 0 Å². The molecule has 3 heteroatoms. The van der Waals surface area contributed by atoms with Crippen LogP contribution in [0.5, 0.6) is 5.75 Å². The van der Waals surface area contributed by atoms with Gasteiger partial charge in [0.15, 0.2) is 0 Å². The molecule has 2 rings (SSSR count). The Hall–Kier alpha value is -2.29. The normalized spacial score (nSPS) is 12.5. The largest absolute Gasteiger partial charge is 0.497 e. The molecule has 21 heavy (non-hydrogen) atoms. The number of carboxylic acid groups (broad SMARTS) is 1. The maximum absolute atomic E-state index is 11.5. The lowest BCUT2D eigenvalue weighted by molar-refractivity contribution is -0.143. The second-order valence-electron chi connectivity index (χ2n) is 5.56. The highest BCUT2D eigenvalue weighted by atomic mass is 16.5. The molecule has 110 valence electrons. The Morgan fingerprint density at radius 1 is 1.14 bits per heavy atom. The number of aliphatic carboxylic acids is 1. The van der Waals surface area contributed by atoms with E-state index in [4.69, 9.17) is 4.74 Å². The topological polar surface area (TPSA) is 46.5 Å². The number of carbonyl (C=O) groups is 1. The van der Waals surface area contributed by atoms with Crippen LogP contribution < -0.4 is 4.74 Å². The minimum absolute atomic E-state index is 0.812. The highest BCUT2D eigenvalue weighted by Gasteiger charge is 2.32. The molecule has 3 nitrogen and oxygen atoms in total. The van der Waals surface area contributed by atoms with E-state index in [9.17, 15) is 9.90 Å². The fraction of sp³-hybridized carbons (Fsp3) is 0.278. The molecule has 0 heterocycles. The van der Waals surface area contributed by atoms with Gasteiger partial charge >= 0.3 is 5.97 Å². The summed E-state index contributed by atoms with van der Waals surface area (Å²) in [7, 11) is 1.64. The molecule has 0 radical (unpaired) electrons. The van der Waals surface area contributed by atoms with Crippen molar-refractivity contribution in [1.82, 2.24) is 0 Å². The van der Waals surface area contributed by atoms with Crippen molar-refractivity contribution in [2.75, 3.05) is 7.11 Å². The Morgan fingerprint density at radius 2 is 1.76 bits per heavy atom. The van der Waals surface area contributed by atoms with Crippen LogP contribution in [0.15, 0.2) is 42.5 Å². The minimum Gasteiger partial charge on any atom is -0.497 e. The van der Waals surface area contributed by atoms with E-state index in [1.54, 1.807) is 21.0 Å². The molecule has 0 atom stereocenters. The number of hydrogen-bond acceptors (Lipinski definition) is 2. The van der Waals surface area contributed by atoms with E-state index in [2.05, 4.69) is 0 Å². The number of allylic oxidation sites excluding steroid dienone is 1. The first-order chi connectivity index (χ1) is 9.90. The van der Waals surface area contributed by atoms with E-state index in [1.807, 2.05) is 49.4 Å². The summed E-state index contributed by atoms with van der Waals surface area (Å²) >= 11 is 0. The number of carboxylic acids is 1. The summed E-state index contributed by atoms with van der Waals surface area (Å²) in [5.41, 5.74) is 0.824. The second-order valence-corrected chi connectivity index (χ2v) is 5.56. The summed E-state index contributed by atoms with van der Waals surface area (Å²) in [4.78, 5) is 11.5. The molecule has 0 saturated carbocycles. The summed E-state index contributed by atoms with van der Waals surface area (Å²) in [5.74, 6) is -0.0159. The van der Waals surface area contributed by atoms with Gasteiger partial charge < -0.3 is 9.84 Å². The Morgan fingerprint density at radius 3 is 2.33 bits per heavy atom. The fourth-order valence-corrected chi connectivity index (χ4v) is 2.52. The van der Waals surface area contributed by atoms with Crippen LogP contribution in [0, 0.1) is 5.41 Å². The zero-order valence-corrected chi connectivity index (χ0v) is 12.8. The maximum Gasteiger partial charge on any atom is 0.313 e. The van der Waals surface area contributed by atoms with Gasteiger partial charge in [0.25, 0.3) is 0 Å². The molecule has 0 aliphatic rings. The third-order valence-electron chi connectivity index (χ3n) is 3.86. The zero-order valence-electron chi connectivity index (χ0n) is 12.8. The van der Waals surface area contributed by atoms with Gasteiger partial charge in [-0.25, -0.2) is 0 Å². The van der Waals surface area contributed by atoms with Crippen LogP contribution in [0.2, 0.25) is 0 Å². The van der Waals surface area contributed by atoms with Gasteiger partial charge in [0, 0.05) is 0 Å². The molecule has 0 aliphatic heterocycles.